The predicted molar refractivity (Wildman–Crippen MR) is 86.6 cm³/mol. The van der Waals surface area contributed by atoms with Crippen LogP contribution in [0.15, 0.2) is 24.5 Å². The minimum Gasteiger partial charge on any atom is -0.363 e. The van der Waals surface area contributed by atoms with Crippen LogP contribution in [0.5, 0.6) is 0 Å². The maximum Gasteiger partial charge on any atom is 0.433 e. The maximum absolute atomic E-state index is 12.7. The van der Waals surface area contributed by atoms with Crippen molar-refractivity contribution < 1.29 is 13.2 Å². The standard InChI is InChI=1S/C15H15F3N8/c16-15(17,18)10-7-11(21-9-20-10)19-8-14-23-22-12-3-4-13(24-26(12)14)25-5-1-2-6-25/h3-4,7,9H,1-2,5-6,8H2,(H,19,20,21). The largest absolute Gasteiger partial charge is 0.433 e. The van der Waals surface area contributed by atoms with E-state index in [-0.39, 0.29) is 12.4 Å². The van der Waals surface area contributed by atoms with E-state index >= 15 is 0 Å². The predicted octanol–water partition coefficient (Wildman–Crippen LogP) is 2.15. The molecule has 3 aromatic rings. The Bertz CT molecular complexity index is 917. The average molecular weight is 364 g/mol. The van der Waals surface area contributed by atoms with Gasteiger partial charge in [-0.1, -0.05) is 0 Å². The molecule has 0 amide bonds. The molecule has 1 aliphatic rings. The van der Waals surface area contributed by atoms with E-state index in [4.69, 9.17) is 0 Å². The molecule has 0 aliphatic carbocycles. The summed E-state index contributed by atoms with van der Waals surface area (Å²) in [6.45, 7) is 2.04. The van der Waals surface area contributed by atoms with Crippen molar-refractivity contribution in [2.75, 3.05) is 23.3 Å². The lowest BCUT2D eigenvalue weighted by atomic mass is 10.4. The zero-order valence-electron chi connectivity index (χ0n) is 13.6. The molecule has 136 valence electrons. The van der Waals surface area contributed by atoms with Gasteiger partial charge >= 0.3 is 6.18 Å². The molecule has 4 heterocycles. The second kappa shape index (κ2) is 6.39. The Morgan fingerprint density at radius 3 is 2.65 bits per heavy atom. The van der Waals surface area contributed by atoms with Crippen LogP contribution in [0.3, 0.4) is 0 Å². The fraction of sp³-hybridized carbons (Fsp3) is 0.400. The Kier molecular flexibility index (Phi) is 4.05. The first kappa shape index (κ1) is 16.5. The van der Waals surface area contributed by atoms with Gasteiger partial charge in [-0.25, -0.2) is 9.97 Å². The zero-order valence-corrected chi connectivity index (χ0v) is 13.6. The molecule has 26 heavy (non-hydrogen) atoms. The van der Waals surface area contributed by atoms with Gasteiger partial charge in [0.05, 0.1) is 6.54 Å². The Labute approximate surface area is 146 Å². The molecule has 0 atom stereocenters. The normalized spacial score (nSPS) is 15.0. The van der Waals surface area contributed by atoms with Crippen molar-refractivity contribution in [2.24, 2.45) is 0 Å². The van der Waals surface area contributed by atoms with Crippen LogP contribution >= 0.6 is 0 Å². The molecule has 0 unspecified atom stereocenters. The molecule has 0 saturated carbocycles. The van der Waals surface area contributed by atoms with Gasteiger partial charge in [0.25, 0.3) is 0 Å². The summed E-state index contributed by atoms with van der Waals surface area (Å²) >= 11 is 0. The minimum atomic E-state index is -4.52. The van der Waals surface area contributed by atoms with Crippen molar-refractivity contribution in [3.05, 3.63) is 36.0 Å². The molecule has 1 fully saturated rings. The molecule has 3 aromatic heterocycles. The first-order chi connectivity index (χ1) is 12.5. The number of halogens is 3. The van der Waals surface area contributed by atoms with Crippen LogP contribution in [0, 0.1) is 0 Å². The Morgan fingerprint density at radius 1 is 1.08 bits per heavy atom. The van der Waals surface area contributed by atoms with Gasteiger partial charge in [0.2, 0.25) is 0 Å². The maximum atomic E-state index is 12.7. The molecule has 8 nitrogen and oxygen atoms in total. The third-order valence-electron chi connectivity index (χ3n) is 4.13. The third-order valence-corrected chi connectivity index (χ3v) is 4.13. The van der Waals surface area contributed by atoms with E-state index in [1.807, 2.05) is 12.1 Å². The number of alkyl halides is 3. The summed E-state index contributed by atoms with van der Waals surface area (Å²) in [6.07, 6.45) is -1.39. The van der Waals surface area contributed by atoms with Crippen molar-refractivity contribution in [3.63, 3.8) is 0 Å². The highest BCUT2D eigenvalue weighted by Gasteiger charge is 2.32. The average Bonchev–Trinajstić information content (AvgIpc) is 3.29. The summed E-state index contributed by atoms with van der Waals surface area (Å²) in [6, 6.07) is 4.57. The lowest BCUT2D eigenvalue weighted by molar-refractivity contribution is -0.141. The Hall–Kier alpha value is -2.98. The quantitative estimate of drug-likeness (QED) is 0.759. The highest BCUT2D eigenvalue weighted by molar-refractivity contribution is 5.46. The summed E-state index contributed by atoms with van der Waals surface area (Å²) in [5.74, 6) is 1.37. The van der Waals surface area contributed by atoms with Gasteiger partial charge in [-0.2, -0.15) is 17.7 Å². The molecule has 0 aromatic carbocycles. The van der Waals surface area contributed by atoms with Crippen molar-refractivity contribution in [1.82, 2.24) is 29.8 Å². The molecule has 1 N–H and O–H groups in total. The third kappa shape index (κ3) is 3.24. The SMILES string of the molecule is FC(F)(F)c1cc(NCc2nnc3ccc(N4CCCC4)nn23)ncn1. The fourth-order valence-corrected chi connectivity index (χ4v) is 2.83. The molecule has 0 spiro atoms. The van der Waals surface area contributed by atoms with Gasteiger partial charge in [0.15, 0.2) is 11.5 Å². The summed E-state index contributed by atoms with van der Waals surface area (Å²) in [5, 5.41) is 15.5. The van der Waals surface area contributed by atoms with E-state index in [1.165, 1.54) is 0 Å². The lowest BCUT2D eigenvalue weighted by Gasteiger charge is -2.15. The molecule has 1 saturated heterocycles. The van der Waals surface area contributed by atoms with Crippen molar-refractivity contribution in [2.45, 2.75) is 25.6 Å². The van der Waals surface area contributed by atoms with Gasteiger partial charge in [-0.05, 0) is 25.0 Å². The molecule has 0 bridgehead atoms. The number of hydrogen-bond acceptors (Lipinski definition) is 7. The van der Waals surface area contributed by atoms with Gasteiger partial charge < -0.3 is 10.2 Å². The Balaban J connectivity index is 1.55. The number of anilines is 2. The zero-order chi connectivity index (χ0) is 18.1. The van der Waals surface area contributed by atoms with Crippen molar-refractivity contribution >= 4 is 17.3 Å². The van der Waals surface area contributed by atoms with Crippen LogP contribution in [0.25, 0.3) is 5.65 Å². The summed E-state index contributed by atoms with van der Waals surface area (Å²) < 4.78 is 39.8. The van der Waals surface area contributed by atoms with Crippen LogP contribution in [-0.4, -0.2) is 42.9 Å². The van der Waals surface area contributed by atoms with Crippen molar-refractivity contribution in [3.8, 4) is 0 Å². The van der Waals surface area contributed by atoms with Crippen LogP contribution in [0.4, 0.5) is 24.8 Å². The smallest absolute Gasteiger partial charge is 0.363 e. The van der Waals surface area contributed by atoms with Crippen molar-refractivity contribution in [1.29, 1.82) is 0 Å². The van der Waals surface area contributed by atoms with Crippen LogP contribution in [-0.2, 0) is 12.7 Å². The van der Waals surface area contributed by atoms with Gasteiger partial charge in [-0.15, -0.1) is 15.3 Å². The Morgan fingerprint density at radius 2 is 1.88 bits per heavy atom. The topological polar surface area (TPSA) is 84.1 Å². The first-order valence-corrected chi connectivity index (χ1v) is 8.10. The summed E-state index contributed by atoms with van der Waals surface area (Å²) in [4.78, 5) is 9.22. The lowest BCUT2D eigenvalue weighted by Crippen LogP contribution is -2.20. The number of hydrogen-bond donors (Lipinski definition) is 1. The van der Waals surface area contributed by atoms with Crippen LogP contribution in [0.2, 0.25) is 0 Å². The summed E-state index contributed by atoms with van der Waals surface area (Å²) in [7, 11) is 0. The molecular weight excluding hydrogens is 349 g/mol. The van der Waals surface area contributed by atoms with E-state index in [1.54, 1.807) is 4.52 Å². The van der Waals surface area contributed by atoms with E-state index in [0.29, 0.717) is 11.5 Å². The van der Waals surface area contributed by atoms with Gasteiger partial charge in [-0.3, -0.25) is 0 Å². The molecule has 11 heteroatoms. The highest BCUT2D eigenvalue weighted by atomic mass is 19.4. The second-order valence-electron chi connectivity index (χ2n) is 5.91. The number of aromatic nitrogens is 6. The van der Waals surface area contributed by atoms with E-state index in [9.17, 15) is 13.2 Å². The number of nitrogens with one attached hydrogen (secondary N) is 1. The highest BCUT2D eigenvalue weighted by Crippen LogP contribution is 2.28. The van der Waals surface area contributed by atoms with E-state index < -0.39 is 11.9 Å². The monoisotopic (exact) mass is 364 g/mol. The fourth-order valence-electron chi connectivity index (χ4n) is 2.83. The number of fused-ring (bicyclic) bond motifs is 1. The van der Waals surface area contributed by atoms with E-state index in [0.717, 1.165) is 44.1 Å². The van der Waals surface area contributed by atoms with Crippen LogP contribution < -0.4 is 10.2 Å². The second-order valence-corrected chi connectivity index (χ2v) is 5.91. The molecule has 1 aliphatic heterocycles. The summed E-state index contributed by atoms with van der Waals surface area (Å²) in [5.41, 5.74) is -0.432. The molecule has 4 rings (SSSR count). The minimum absolute atomic E-state index is 0.0553. The van der Waals surface area contributed by atoms with E-state index in [2.05, 4.69) is 35.5 Å². The molecule has 0 radical (unpaired) electrons. The number of rotatable bonds is 4. The first-order valence-electron chi connectivity index (χ1n) is 8.10. The van der Waals surface area contributed by atoms with Gasteiger partial charge in [0, 0.05) is 19.2 Å². The van der Waals surface area contributed by atoms with Crippen LogP contribution in [0.1, 0.15) is 24.4 Å². The van der Waals surface area contributed by atoms with Gasteiger partial charge in [0.1, 0.15) is 23.7 Å². The molecular formula is C15H15F3N8. The number of nitrogens with zero attached hydrogens (tertiary/aromatic N) is 7.